The van der Waals surface area contributed by atoms with Crippen molar-refractivity contribution >= 4 is 10.9 Å². The molecule has 0 saturated carbocycles. The van der Waals surface area contributed by atoms with E-state index in [0.29, 0.717) is 29.7 Å². The molecule has 150 valence electrons. The zero-order valence-electron chi connectivity index (χ0n) is 16.8. The molecule has 0 amide bonds. The van der Waals surface area contributed by atoms with Crippen LogP contribution in [-0.2, 0) is 13.0 Å². The Kier molecular flexibility index (Phi) is 6.01. The van der Waals surface area contributed by atoms with Gasteiger partial charge < -0.3 is 0 Å². The molecule has 2 aliphatic rings. The maximum atomic E-state index is 9.91. The number of H-pyrrole nitrogens is 2. The fraction of sp³-hybridized carbons (Fsp3) is 0.400. The molecule has 0 aromatic heterocycles. The van der Waals surface area contributed by atoms with Crippen LogP contribution in [0.1, 0.15) is 67.3 Å². The smallest absolute Gasteiger partial charge is 0.173 e. The second kappa shape index (κ2) is 8.82. The molecule has 10 nitrogen and oxygen atoms in total. The Hall–Kier alpha value is -4.28. The van der Waals surface area contributed by atoms with Crippen LogP contribution < -0.4 is 0 Å². The van der Waals surface area contributed by atoms with Crippen molar-refractivity contribution < 1.29 is 0 Å². The summed E-state index contributed by atoms with van der Waals surface area (Å²) in [7, 11) is 0. The minimum absolute atomic E-state index is 0.0283. The predicted molar refractivity (Wildman–Crippen MR) is 107 cm³/mol. The molecule has 0 radical (unpaired) electrons. The van der Waals surface area contributed by atoms with E-state index in [9.17, 15) is 21.0 Å². The number of hydrogen-bond acceptors (Lipinski definition) is 6. The Balaban J connectivity index is 2.62. The van der Waals surface area contributed by atoms with E-state index in [4.69, 9.17) is 0 Å². The second-order valence-electron chi connectivity index (χ2n) is 6.82. The van der Waals surface area contributed by atoms with Crippen molar-refractivity contribution in [2.45, 2.75) is 52.5 Å². The van der Waals surface area contributed by atoms with E-state index < -0.39 is 0 Å². The fourth-order valence-corrected chi connectivity index (χ4v) is 3.58. The third-order valence-corrected chi connectivity index (χ3v) is 5.00. The van der Waals surface area contributed by atoms with Crippen molar-refractivity contribution in [3.63, 3.8) is 0 Å². The van der Waals surface area contributed by atoms with Crippen LogP contribution in [0.2, 0.25) is 0 Å². The predicted octanol–water partition coefficient (Wildman–Crippen LogP) is 3.07. The van der Waals surface area contributed by atoms with Gasteiger partial charge in [-0.3, -0.25) is 5.10 Å². The van der Waals surface area contributed by atoms with E-state index in [1.807, 2.05) is 18.2 Å². The third kappa shape index (κ3) is 3.21. The van der Waals surface area contributed by atoms with Crippen molar-refractivity contribution in [2.75, 3.05) is 0 Å². The Morgan fingerprint density at radius 2 is 1.50 bits per heavy atom. The summed E-state index contributed by atoms with van der Waals surface area (Å²) in [6.45, 7) is 4.76. The van der Waals surface area contributed by atoms with Crippen LogP contribution in [0, 0.1) is 45.3 Å². The Morgan fingerprint density at radius 3 is 2.10 bits per heavy atom. The standard InChI is InChI=1S/C20H20N10/c1-3-5-7-13-18-16(11-23)14(9-21)15(10-22)17(12-24)19(18)25-30-20(13)29(8-6-4-2)27-26-28-30/h25H,3-8H2,1-2H3,(H,27,28). The average molecular weight is 400 g/mol. The van der Waals surface area contributed by atoms with Crippen LogP contribution in [0.5, 0.6) is 0 Å². The number of fused-ring (bicyclic) bond motifs is 2. The van der Waals surface area contributed by atoms with Crippen molar-refractivity contribution in [2.24, 2.45) is 0 Å². The van der Waals surface area contributed by atoms with Crippen molar-refractivity contribution in [1.82, 2.24) is 30.2 Å². The van der Waals surface area contributed by atoms with Crippen molar-refractivity contribution in [3.05, 3.63) is 27.8 Å². The molecular formula is C20H20N10. The zero-order chi connectivity index (χ0) is 21.7. The first-order valence-electron chi connectivity index (χ1n) is 9.75. The van der Waals surface area contributed by atoms with Gasteiger partial charge in [-0.25, -0.2) is 4.68 Å². The molecule has 0 aliphatic carbocycles. The highest BCUT2D eigenvalue weighted by molar-refractivity contribution is 5.97. The monoisotopic (exact) mass is 400 g/mol. The number of aromatic amines is 2. The molecular weight excluding hydrogens is 380 g/mol. The number of nitriles is 4. The Morgan fingerprint density at radius 1 is 0.867 bits per heavy atom. The number of rotatable bonds is 6. The molecule has 10 heteroatoms. The van der Waals surface area contributed by atoms with Gasteiger partial charge in [0.05, 0.1) is 27.8 Å². The molecule has 1 aromatic carbocycles. The van der Waals surface area contributed by atoms with Gasteiger partial charge in [0.1, 0.15) is 24.3 Å². The average Bonchev–Trinajstić information content (AvgIpc) is 2.78. The lowest BCUT2D eigenvalue weighted by Crippen LogP contribution is -2.24. The summed E-state index contributed by atoms with van der Waals surface area (Å²) >= 11 is 0. The van der Waals surface area contributed by atoms with E-state index in [2.05, 4.69) is 40.7 Å². The highest BCUT2D eigenvalue weighted by Gasteiger charge is 2.26. The Labute approximate surface area is 173 Å². The van der Waals surface area contributed by atoms with Gasteiger partial charge in [0.25, 0.3) is 0 Å². The highest BCUT2D eigenvalue weighted by atomic mass is 15.7. The summed E-state index contributed by atoms with van der Waals surface area (Å²) in [5.41, 5.74) is 1.03. The SMILES string of the molecule is CCCCc1c2n(CCCC)nn[nH]n-2[nH]c2c(C#N)c(C#N)c(C#N)c(C#N)c12. The normalized spacial score (nSPS) is 10.3. The number of benzene rings is 1. The molecule has 0 fully saturated rings. The lowest BCUT2D eigenvalue weighted by Gasteiger charge is -2.22. The molecule has 0 saturated heterocycles. The van der Waals surface area contributed by atoms with E-state index in [1.165, 1.54) is 0 Å². The van der Waals surface area contributed by atoms with Gasteiger partial charge in [-0.05, 0) is 29.7 Å². The maximum absolute atomic E-state index is 9.91. The van der Waals surface area contributed by atoms with Crippen molar-refractivity contribution in [3.8, 4) is 30.1 Å². The fourth-order valence-electron chi connectivity index (χ4n) is 3.58. The van der Waals surface area contributed by atoms with Crippen LogP contribution >= 0.6 is 0 Å². The van der Waals surface area contributed by atoms with E-state index >= 15 is 0 Å². The van der Waals surface area contributed by atoms with Crippen LogP contribution in [0.3, 0.4) is 0 Å². The highest BCUT2D eigenvalue weighted by Crippen LogP contribution is 2.34. The van der Waals surface area contributed by atoms with Crippen LogP contribution in [0.4, 0.5) is 0 Å². The molecule has 2 N–H and O–H groups in total. The van der Waals surface area contributed by atoms with Gasteiger partial charge in [-0.1, -0.05) is 26.7 Å². The first kappa shape index (κ1) is 20.5. The van der Waals surface area contributed by atoms with Crippen LogP contribution in [-0.4, -0.2) is 30.2 Å². The number of nitrogens with one attached hydrogen (secondary N) is 2. The quantitative estimate of drug-likeness (QED) is 0.604. The lowest BCUT2D eigenvalue weighted by molar-refractivity contribution is 0.432. The van der Waals surface area contributed by atoms with E-state index in [-0.39, 0.29) is 22.3 Å². The van der Waals surface area contributed by atoms with Crippen molar-refractivity contribution in [1.29, 1.82) is 21.0 Å². The summed E-state index contributed by atoms with van der Waals surface area (Å²) < 4.78 is 1.75. The van der Waals surface area contributed by atoms with E-state index in [0.717, 1.165) is 31.2 Å². The van der Waals surface area contributed by atoms with Gasteiger partial charge in [0, 0.05) is 17.5 Å². The molecule has 30 heavy (non-hydrogen) atoms. The summed E-state index contributed by atoms with van der Waals surface area (Å²) in [6, 6.07) is 7.99. The molecule has 2 heterocycles. The molecule has 0 spiro atoms. The van der Waals surface area contributed by atoms with Crippen LogP contribution in [0.15, 0.2) is 0 Å². The first-order valence-corrected chi connectivity index (χ1v) is 9.75. The van der Waals surface area contributed by atoms with Gasteiger partial charge in [-0.2, -0.15) is 31.1 Å². The third-order valence-electron chi connectivity index (χ3n) is 5.00. The lowest BCUT2D eigenvalue weighted by atomic mass is 9.90. The summed E-state index contributed by atoms with van der Waals surface area (Å²) in [4.78, 5) is 1.55. The van der Waals surface area contributed by atoms with Crippen LogP contribution in [0.25, 0.3) is 16.7 Å². The molecule has 2 aliphatic heterocycles. The molecule has 0 bridgehead atoms. The number of aromatic nitrogens is 6. The molecule has 0 atom stereocenters. The number of unbranched alkanes of at least 4 members (excludes halogenated alkanes) is 2. The largest absolute Gasteiger partial charge is 0.275 e. The molecule has 0 unspecified atom stereocenters. The van der Waals surface area contributed by atoms with Gasteiger partial charge in [-0.15, -0.1) is 0 Å². The minimum atomic E-state index is -0.109. The van der Waals surface area contributed by atoms with Gasteiger partial charge >= 0.3 is 0 Å². The van der Waals surface area contributed by atoms with Gasteiger partial charge in [0.2, 0.25) is 0 Å². The van der Waals surface area contributed by atoms with E-state index in [1.54, 1.807) is 9.48 Å². The first-order chi connectivity index (χ1) is 14.7. The zero-order valence-corrected chi connectivity index (χ0v) is 16.8. The molecule has 1 aromatic rings. The number of nitrogens with zero attached hydrogens (tertiary/aromatic N) is 8. The maximum Gasteiger partial charge on any atom is 0.173 e. The second-order valence-corrected chi connectivity index (χ2v) is 6.82. The summed E-state index contributed by atoms with van der Waals surface area (Å²) in [6.07, 6.45) is 4.20. The van der Waals surface area contributed by atoms with Gasteiger partial charge in [0.15, 0.2) is 5.82 Å². The number of aryl methyl sites for hydroxylation is 2. The minimum Gasteiger partial charge on any atom is -0.275 e. The number of hydrogen-bond donors (Lipinski definition) is 2. The summed E-state index contributed by atoms with van der Waals surface area (Å²) in [5.74, 6) is 0.674. The summed E-state index contributed by atoms with van der Waals surface area (Å²) in [5, 5.41) is 53.4. The Bertz CT molecular complexity index is 1270. The molecule has 3 rings (SSSR count). The topological polar surface area (TPSA) is 162 Å².